The molecule has 1 heterocycles. The van der Waals surface area contributed by atoms with E-state index in [4.69, 9.17) is 5.73 Å². The van der Waals surface area contributed by atoms with Gasteiger partial charge in [-0.1, -0.05) is 0 Å². The first-order chi connectivity index (χ1) is 8.50. The van der Waals surface area contributed by atoms with Crippen LogP contribution in [0, 0.1) is 5.82 Å². The number of amides is 1. The maximum Gasteiger partial charge on any atom is 0.249 e. The standard InChI is InChI=1S/C13H14FN3O/c1-8(2)17-12(5-6-16-17)11-7-9(14)3-4-10(11)13(15)18/h3-8H,1-2H3,(H2,15,18). The minimum Gasteiger partial charge on any atom is -0.366 e. The number of hydrogen-bond acceptors (Lipinski definition) is 2. The van der Waals surface area contributed by atoms with Gasteiger partial charge in [0.2, 0.25) is 5.91 Å². The first kappa shape index (κ1) is 12.3. The lowest BCUT2D eigenvalue weighted by Gasteiger charge is -2.13. The first-order valence-corrected chi connectivity index (χ1v) is 5.64. The Morgan fingerprint density at radius 3 is 2.72 bits per heavy atom. The summed E-state index contributed by atoms with van der Waals surface area (Å²) in [6, 6.07) is 5.76. The van der Waals surface area contributed by atoms with Gasteiger partial charge in [-0.3, -0.25) is 9.48 Å². The molecule has 0 aliphatic rings. The van der Waals surface area contributed by atoms with Gasteiger partial charge in [-0.15, -0.1) is 0 Å². The van der Waals surface area contributed by atoms with Crippen LogP contribution in [-0.4, -0.2) is 15.7 Å². The van der Waals surface area contributed by atoms with Crippen molar-refractivity contribution in [1.82, 2.24) is 9.78 Å². The highest BCUT2D eigenvalue weighted by molar-refractivity contribution is 5.99. The molecule has 18 heavy (non-hydrogen) atoms. The fourth-order valence-corrected chi connectivity index (χ4v) is 1.88. The van der Waals surface area contributed by atoms with Crippen molar-refractivity contribution in [2.75, 3.05) is 0 Å². The van der Waals surface area contributed by atoms with E-state index in [9.17, 15) is 9.18 Å². The van der Waals surface area contributed by atoms with Crippen molar-refractivity contribution >= 4 is 5.91 Å². The third-order valence-electron chi connectivity index (χ3n) is 2.68. The molecule has 0 atom stereocenters. The normalized spacial score (nSPS) is 10.9. The van der Waals surface area contributed by atoms with Crippen LogP contribution in [0.25, 0.3) is 11.3 Å². The van der Waals surface area contributed by atoms with E-state index in [1.807, 2.05) is 13.8 Å². The van der Waals surface area contributed by atoms with E-state index in [1.54, 1.807) is 16.9 Å². The molecular weight excluding hydrogens is 233 g/mol. The number of nitrogens with two attached hydrogens (primary N) is 1. The summed E-state index contributed by atoms with van der Waals surface area (Å²) < 4.78 is 15.1. The molecule has 1 aromatic carbocycles. The molecule has 0 saturated heterocycles. The molecule has 94 valence electrons. The average Bonchev–Trinajstić information content (AvgIpc) is 2.77. The summed E-state index contributed by atoms with van der Waals surface area (Å²) in [6.45, 7) is 3.92. The van der Waals surface area contributed by atoms with Gasteiger partial charge < -0.3 is 5.73 Å². The molecule has 0 fully saturated rings. The number of primary amides is 1. The van der Waals surface area contributed by atoms with Gasteiger partial charge in [0.1, 0.15) is 5.82 Å². The van der Waals surface area contributed by atoms with Crippen LogP contribution in [0.2, 0.25) is 0 Å². The van der Waals surface area contributed by atoms with Crippen LogP contribution in [0.15, 0.2) is 30.5 Å². The van der Waals surface area contributed by atoms with Crippen LogP contribution in [0.3, 0.4) is 0 Å². The summed E-state index contributed by atoms with van der Waals surface area (Å²) in [7, 11) is 0. The molecule has 2 rings (SSSR count). The van der Waals surface area contributed by atoms with Crippen molar-refractivity contribution < 1.29 is 9.18 Å². The number of nitrogens with zero attached hydrogens (tertiary/aromatic N) is 2. The Morgan fingerprint density at radius 1 is 1.39 bits per heavy atom. The van der Waals surface area contributed by atoms with Gasteiger partial charge in [0, 0.05) is 23.4 Å². The molecule has 0 aliphatic heterocycles. The number of aromatic nitrogens is 2. The van der Waals surface area contributed by atoms with Gasteiger partial charge in [-0.2, -0.15) is 5.10 Å². The van der Waals surface area contributed by atoms with Crippen molar-refractivity contribution in [3.05, 3.63) is 41.8 Å². The molecule has 0 radical (unpaired) electrons. The number of halogens is 1. The lowest BCUT2D eigenvalue weighted by Crippen LogP contribution is -2.14. The van der Waals surface area contributed by atoms with E-state index in [0.29, 0.717) is 16.8 Å². The average molecular weight is 247 g/mol. The summed E-state index contributed by atoms with van der Waals surface area (Å²) in [5.74, 6) is -0.993. The number of benzene rings is 1. The van der Waals surface area contributed by atoms with Crippen molar-refractivity contribution in [3.8, 4) is 11.3 Å². The summed E-state index contributed by atoms with van der Waals surface area (Å²) in [5.41, 5.74) is 6.74. The number of carbonyl (C=O) groups excluding carboxylic acids is 1. The largest absolute Gasteiger partial charge is 0.366 e. The predicted octanol–water partition coefficient (Wildman–Crippen LogP) is 2.37. The maximum absolute atomic E-state index is 13.4. The second-order valence-electron chi connectivity index (χ2n) is 4.31. The van der Waals surface area contributed by atoms with E-state index in [2.05, 4.69) is 5.10 Å². The minimum atomic E-state index is -0.582. The van der Waals surface area contributed by atoms with Gasteiger partial charge >= 0.3 is 0 Å². The quantitative estimate of drug-likeness (QED) is 0.905. The van der Waals surface area contributed by atoms with E-state index in [1.165, 1.54) is 18.2 Å². The Morgan fingerprint density at radius 2 is 2.11 bits per heavy atom. The molecule has 0 aliphatic carbocycles. The molecule has 2 N–H and O–H groups in total. The Balaban J connectivity index is 2.66. The van der Waals surface area contributed by atoms with Gasteiger partial charge in [0.05, 0.1) is 5.69 Å². The molecular formula is C13H14FN3O. The van der Waals surface area contributed by atoms with Crippen LogP contribution in [-0.2, 0) is 0 Å². The molecule has 1 amide bonds. The highest BCUT2D eigenvalue weighted by Crippen LogP contribution is 2.26. The zero-order chi connectivity index (χ0) is 13.3. The summed E-state index contributed by atoms with van der Waals surface area (Å²) in [6.07, 6.45) is 1.62. The predicted molar refractivity (Wildman–Crippen MR) is 66.5 cm³/mol. The topological polar surface area (TPSA) is 60.9 Å². The fourth-order valence-electron chi connectivity index (χ4n) is 1.88. The zero-order valence-electron chi connectivity index (χ0n) is 10.2. The summed E-state index contributed by atoms with van der Waals surface area (Å²) in [5, 5.41) is 4.16. The summed E-state index contributed by atoms with van der Waals surface area (Å²) in [4.78, 5) is 11.4. The second-order valence-corrected chi connectivity index (χ2v) is 4.31. The van der Waals surface area contributed by atoms with E-state index in [-0.39, 0.29) is 6.04 Å². The highest BCUT2D eigenvalue weighted by atomic mass is 19.1. The Bertz CT molecular complexity index is 590. The molecule has 0 unspecified atom stereocenters. The number of carbonyl (C=O) groups is 1. The smallest absolute Gasteiger partial charge is 0.249 e. The first-order valence-electron chi connectivity index (χ1n) is 5.64. The van der Waals surface area contributed by atoms with Crippen molar-refractivity contribution in [1.29, 1.82) is 0 Å². The van der Waals surface area contributed by atoms with Crippen LogP contribution < -0.4 is 5.73 Å². The molecule has 5 heteroatoms. The van der Waals surface area contributed by atoms with E-state index in [0.717, 1.165) is 0 Å². The lowest BCUT2D eigenvalue weighted by atomic mass is 10.0. The number of rotatable bonds is 3. The van der Waals surface area contributed by atoms with Crippen LogP contribution >= 0.6 is 0 Å². The highest BCUT2D eigenvalue weighted by Gasteiger charge is 2.15. The Kier molecular flexibility index (Phi) is 3.14. The van der Waals surface area contributed by atoms with Crippen LogP contribution in [0.5, 0.6) is 0 Å². The Hall–Kier alpha value is -2.17. The Labute approximate surface area is 104 Å². The SMILES string of the molecule is CC(C)n1nccc1-c1cc(F)ccc1C(N)=O. The summed E-state index contributed by atoms with van der Waals surface area (Å²) >= 11 is 0. The molecule has 0 spiro atoms. The van der Waals surface area contributed by atoms with E-state index >= 15 is 0 Å². The fraction of sp³-hybridized carbons (Fsp3) is 0.231. The molecule has 0 bridgehead atoms. The molecule has 4 nitrogen and oxygen atoms in total. The van der Waals surface area contributed by atoms with Crippen molar-refractivity contribution in [2.24, 2.45) is 5.73 Å². The third kappa shape index (κ3) is 2.11. The number of hydrogen-bond donors (Lipinski definition) is 1. The molecule has 2 aromatic rings. The zero-order valence-corrected chi connectivity index (χ0v) is 10.2. The molecule has 0 saturated carbocycles. The van der Waals surface area contributed by atoms with Gasteiger partial charge in [-0.05, 0) is 38.1 Å². The van der Waals surface area contributed by atoms with Crippen LogP contribution in [0.1, 0.15) is 30.2 Å². The molecule has 1 aromatic heterocycles. The van der Waals surface area contributed by atoms with Gasteiger partial charge in [0.25, 0.3) is 0 Å². The van der Waals surface area contributed by atoms with E-state index < -0.39 is 11.7 Å². The minimum absolute atomic E-state index is 0.110. The van der Waals surface area contributed by atoms with Crippen LogP contribution in [0.4, 0.5) is 4.39 Å². The van der Waals surface area contributed by atoms with Gasteiger partial charge in [0.15, 0.2) is 0 Å². The maximum atomic E-state index is 13.4. The van der Waals surface area contributed by atoms with Gasteiger partial charge in [-0.25, -0.2) is 4.39 Å². The second kappa shape index (κ2) is 4.60. The lowest BCUT2D eigenvalue weighted by molar-refractivity contribution is 0.100. The monoisotopic (exact) mass is 247 g/mol. The van der Waals surface area contributed by atoms with Crippen molar-refractivity contribution in [2.45, 2.75) is 19.9 Å². The van der Waals surface area contributed by atoms with Crippen molar-refractivity contribution in [3.63, 3.8) is 0 Å². The third-order valence-corrected chi connectivity index (χ3v) is 2.68.